The first-order valence-electron chi connectivity index (χ1n) is 7.79. The van der Waals surface area contributed by atoms with E-state index in [9.17, 15) is 18.0 Å². The Hall–Kier alpha value is -2.54. The maximum absolute atomic E-state index is 12.6. The molecule has 0 unspecified atom stereocenters. The highest BCUT2D eigenvalue weighted by Crippen LogP contribution is 2.28. The third-order valence-corrected chi connectivity index (χ3v) is 4.21. The lowest BCUT2D eigenvalue weighted by molar-refractivity contribution is -0.274. The predicted octanol–water partition coefficient (Wildman–Crippen LogP) is 3.15. The Bertz CT molecular complexity index is 732. The quantitative estimate of drug-likeness (QED) is 0.925. The lowest BCUT2D eigenvalue weighted by atomic mass is 9.95. The highest BCUT2D eigenvalue weighted by molar-refractivity contribution is 5.94. The average molecular weight is 350 g/mol. The van der Waals surface area contributed by atoms with Crippen LogP contribution in [-0.2, 0) is 0 Å². The van der Waals surface area contributed by atoms with Gasteiger partial charge in [0, 0.05) is 30.6 Å². The smallest absolute Gasteiger partial charge is 0.406 e. The van der Waals surface area contributed by atoms with Crippen LogP contribution in [0, 0.1) is 0 Å². The fourth-order valence-corrected chi connectivity index (χ4v) is 3.03. The molecule has 0 aromatic heterocycles. The molecule has 0 saturated carbocycles. The van der Waals surface area contributed by atoms with Crippen molar-refractivity contribution in [3.8, 4) is 5.75 Å². The molecule has 2 N–H and O–H groups in total. The fourth-order valence-electron chi connectivity index (χ4n) is 3.03. The van der Waals surface area contributed by atoms with Gasteiger partial charge in [-0.15, -0.1) is 13.2 Å². The molecule has 2 atom stereocenters. The molecule has 1 aliphatic heterocycles. The Morgan fingerprint density at radius 1 is 1.04 bits per heavy atom. The molecule has 0 spiro atoms. The van der Waals surface area contributed by atoms with Crippen molar-refractivity contribution in [1.82, 2.24) is 4.90 Å². The summed E-state index contributed by atoms with van der Waals surface area (Å²) in [6, 6.07) is 14.4. The molecule has 2 aromatic rings. The zero-order valence-corrected chi connectivity index (χ0v) is 13.2. The van der Waals surface area contributed by atoms with Crippen molar-refractivity contribution in [2.24, 2.45) is 5.73 Å². The lowest BCUT2D eigenvalue weighted by Crippen LogP contribution is -2.32. The number of rotatable bonds is 3. The molecule has 0 aliphatic carbocycles. The second-order valence-corrected chi connectivity index (χ2v) is 5.96. The van der Waals surface area contributed by atoms with Gasteiger partial charge in [-0.25, -0.2) is 0 Å². The van der Waals surface area contributed by atoms with E-state index >= 15 is 0 Å². The van der Waals surface area contributed by atoms with Crippen LogP contribution in [0.5, 0.6) is 5.75 Å². The molecule has 0 bridgehead atoms. The van der Waals surface area contributed by atoms with Gasteiger partial charge in [0.15, 0.2) is 0 Å². The SMILES string of the molecule is N[C@@H]1CN(C(=O)c2ccc(OC(F)(F)F)cc2)C[C@H]1c1ccccc1. The fraction of sp³-hybridized carbons (Fsp3) is 0.278. The second-order valence-electron chi connectivity index (χ2n) is 5.96. The Labute approximate surface area is 143 Å². The molecule has 1 heterocycles. The first-order chi connectivity index (χ1) is 11.8. The minimum Gasteiger partial charge on any atom is -0.406 e. The first-order valence-corrected chi connectivity index (χ1v) is 7.79. The van der Waals surface area contributed by atoms with Crippen molar-refractivity contribution < 1.29 is 22.7 Å². The molecule has 132 valence electrons. The van der Waals surface area contributed by atoms with Gasteiger partial charge in [0.2, 0.25) is 0 Å². The molecular weight excluding hydrogens is 333 g/mol. The van der Waals surface area contributed by atoms with Crippen molar-refractivity contribution in [2.45, 2.75) is 18.3 Å². The van der Waals surface area contributed by atoms with E-state index in [0.717, 1.165) is 17.7 Å². The molecule has 1 fully saturated rings. The summed E-state index contributed by atoms with van der Waals surface area (Å²) in [6.07, 6.45) is -4.75. The second kappa shape index (κ2) is 6.76. The van der Waals surface area contributed by atoms with Crippen LogP contribution in [0.1, 0.15) is 21.8 Å². The number of ether oxygens (including phenoxy) is 1. The van der Waals surface area contributed by atoms with Gasteiger partial charge in [0.25, 0.3) is 5.91 Å². The van der Waals surface area contributed by atoms with Gasteiger partial charge in [-0.05, 0) is 29.8 Å². The number of likely N-dealkylation sites (tertiary alicyclic amines) is 1. The number of alkyl halides is 3. The number of carbonyl (C=O) groups is 1. The maximum atomic E-state index is 12.6. The van der Waals surface area contributed by atoms with Crippen molar-refractivity contribution in [3.05, 3.63) is 65.7 Å². The summed E-state index contributed by atoms with van der Waals surface area (Å²) in [5.41, 5.74) is 7.54. The molecule has 2 aromatic carbocycles. The minimum absolute atomic E-state index is 0.0398. The molecular formula is C18H17F3N2O2. The third kappa shape index (κ3) is 4.11. The van der Waals surface area contributed by atoms with E-state index in [1.165, 1.54) is 12.1 Å². The molecule has 1 amide bonds. The van der Waals surface area contributed by atoms with Crippen LogP contribution in [-0.4, -0.2) is 36.3 Å². The highest BCUT2D eigenvalue weighted by Gasteiger charge is 2.34. The van der Waals surface area contributed by atoms with E-state index in [1.54, 1.807) is 4.90 Å². The van der Waals surface area contributed by atoms with Gasteiger partial charge in [-0.2, -0.15) is 0 Å². The summed E-state index contributed by atoms with van der Waals surface area (Å²) < 4.78 is 40.4. The van der Waals surface area contributed by atoms with Gasteiger partial charge in [-0.1, -0.05) is 30.3 Å². The average Bonchev–Trinajstić information content (AvgIpc) is 2.96. The third-order valence-electron chi connectivity index (χ3n) is 4.21. The predicted molar refractivity (Wildman–Crippen MR) is 86.2 cm³/mol. The van der Waals surface area contributed by atoms with Crippen LogP contribution in [0.15, 0.2) is 54.6 Å². The zero-order valence-electron chi connectivity index (χ0n) is 13.2. The number of hydrogen-bond acceptors (Lipinski definition) is 3. The number of carbonyl (C=O) groups excluding carboxylic acids is 1. The van der Waals surface area contributed by atoms with E-state index in [0.29, 0.717) is 18.7 Å². The summed E-state index contributed by atoms with van der Waals surface area (Å²) in [4.78, 5) is 14.2. The van der Waals surface area contributed by atoms with Gasteiger partial charge in [0.05, 0.1) is 0 Å². The molecule has 7 heteroatoms. The summed E-state index contributed by atoms with van der Waals surface area (Å²) in [6.45, 7) is 0.879. The standard InChI is InChI=1S/C18H17F3N2O2/c19-18(20,21)25-14-8-6-13(7-9-14)17(24)23-10-15(16(22)11-23)12-4-2-1-3-5-12/h1-9,15-16H,10-11,22H2/t15-,16+/m0/s1. The lowest BCUT2D eigenvalue weighted by Gasteiger charge is -2.17. The van der Waals surface area contributed by atoms with Gasteiger partial charge < -0.3 is 15.4 Å². The van der Waals surface area contributed by atoms with E-state index in [4.69, 9.17) is 5.73 Å². The largest absolute Gasteiger partial charge is 0.573 e. The molecule has 3 rings (SSSR count). The van der Waals surface area contributed by atoms with Crippen LogP contribution in [0.4, 0.5) is 13.2 Å². The van der Waals surface area contributed by atoms with Crippen molar-refractivity contribution in [1.29, 1.82) is 0 Å². The molecule has 0 radical (unpaired) electrons. The van der Waals surface area contributed by atoms with E-state index in [1.807, 2.05) is 30.3 Å². The van der Waals surface area contributed by atoms with Crippen LogP contribution in [0.2, 0.25) is 0 Å². The summed E-state index contributed by atoms with van der Waals surface area (Å²) >= 11 is 0. The Balaban J connectivity index is 1.69. The number of nitrogens with zero attached hydrogens (tertiary/aromatic N) is 1. The first kappa shape index (κ1) is 17.3. The van der Waals surface area contributed by atoms with Crippen molar-refractivity contribution >= 4 is 5.91 Å². The summed E-state index contributed by atoms with van der Waals surface area (Å²) in [7, 11) is 0. The van der Waals surface area contributed by atoms with Crippen LogP contribution in [0.3, 0.4) is 0 Å². The number of nitrogens with two attached hydrogens (primary N) is 1. The number of benzene rings is 2. The zero-order chi connectivity index (χ0) is 18.0. The monoisotopic (exact) mass is 350 g/mol. The number of hydrogen-bond donors (Lipinski definition) is 1. The van der Waals surface area contributed by atoms with E-state index < -0.39 is 6.36 Å². The molecule has 4 nitrogen and oxygen atoms in total. The normalized spacial score (nSPS) is 20.6. The summed E-state index contributed by atoms with van der Waals surface area (Å²) in [5, 5.41) is 0. The van der Waals surface area contributed by atoms with Crippen LogP contribution >= 0.6 is 0 Å². The van der Waals surface area contributed by atoms with Crippen LogP contribution in [0.25, 0.3) is 0 Å². The topological polar surface area (TPSA) is 55.6 Å². The Morgan fingerprint density at radius 3 is 2.28 bits per heavy atom. The molecule has 1 aliphatic rings. The minimum atomic E-state index is -4.75. The Morgan fingerprint density at radius 2 is 1.68 bits per heavy atom. The number of halogens is 3. The Kier molecular flexibility index (Phi) is 4.67. The van der Waals surface area contributed by atoms with Gasteiger partial charge in [0.1, 0.15) is 5.75 Å². The highest BCUT2D eigenvalue weighted by atomic mass is 19.4. The van der Waals surface area contributed by atoms with E-state index in [2.05, 4.69) is 4.74 Å². The number of amides is 1. The van der Waals surface area contributed by atoms with Crippen molar-refractivity contribution in [2.75, 3.05) is 13.1 Å². The maximum Gasteiger partial charge on any atom is 0.573 e. The summed E-state index contributed by atoms with van der Waals surface area (Å²) in [5.74, 6) is -0.574. The van der Waals surface area contributed by atoms with E-state index in [-0.39, 0.29) is 23.6 Å². The van der Waals surface area contributed by atoms with Gasteiger partial charge in [-0.3, -0.25) is 4.79 Å². The molecule has 1 saturated heterocycles. The van der Waals surface area contributed by atoms with Crippen LogP contribution < -0.4 is 10.5 Å². The van der Waals surface area contributed by atoms with Gasteiger partial charge >= 0.3 is 6.36 Å². The molecule has 25 heavy (non-hydrogen) atoms. The van der Waals surface area contributed by atoms with Crippen molar-refractivity contribution in [3.63, 3.8) is 0 Å².